The van der Waals surface area contributed by atoms with Crippen molar-refractivity contribution < 1.29 is 5.11 Å². The minimum atomic E-state index is 0.256. The minimum absolute atomic E-state index is 0.256. The number of pyridine rings is 2. The zero-order valence-electron chi connectivity index (χ0n) is 12.3. The van der Waals surface area contributed by atoms with Gasteiger partial charge in [0.25, 0.3) is 0 Å². The Labute approximate surface area is 142 Å². The van der Waals surface area contributed by atoms with Gasteiger partial charge in [-0.1, -0.05) is 24.3 Å². The van der Waals surface area contributed by atoms with E-state index in [9.17, 15) is 5.11 Å². The van der Waals surface area contributed by atoms with Gasteiger partial charge in [0.05, 0.1) is 5.69 Å². The third kappa shape index (κ3) is 2.97. The van der Waals surface area contributed by atoms with E-state index in [0.29, 0.717) is 5.52 Å². The zero-order valence-corrected chi connectivity index (χ0v) is 14.5. The van der Waals surface area contributed by atoms with E-state index in [4.69, 9.17) is 0 Å². The summed E-state index contributed by atoms with van der Waals surface area (Å²) >= 11 is 2.18. The van der Waals surface area contributed by atoms with Gasteiger partial charge in [0.15, 0.2) is 0 Å². The molecule has 3 rings (SSSR count). The molecular formula is C18H15IN2O. The van der Waals surface area contributed by atoms with Gasteiger partial charge in [-0.2, -0.15) is 0 Å². The van der Waals surface area contributed by atoms with E-state index in [1.807, 2.05) is 62.5 Å². The van der Waals surface area contributed by atoms with Crippen molar-refractivity contribution in [3.63, 3.8) is 0 Å². The van der Waals surface area contributed by atoms with Crippen LogP contribution in [0.1, 0.15) is 22.4 Å². The Kier molecular flexibility index (Phi) is 4.11. The maximum atomic E-state index is 10.2. The molecule has 0 atom stereocenters. The first-order valence-corrected chi connectivity index (χ1v) is 8.02. The Morgan fingerprint density at radius 2 is 1.86 bits per heavy atom. The number of phenolic OH excluding ortho intramolecular Hbond substituents is 1. The van der Waals surface area contributed by atoms with Gasteiger partial charge in [0.1, 0.15) is 15.0 Å². The highest BCUT2D eigenvalue weighted by molar-refractivity contribution is 14.1. The van der Waals surface area contributed by atoms with Crippen LogP contribution in [0.3, 0.4) is 0 Å². The first kappa shape index (κ1) is 15.0. The number of halogens is 1. The van der Waals surface area contributed by atoms with E-state index in [-0.39, 0.29) is 5.75 Å². The number of benzene rings is 1. The number of nitrogens with zero attached hydrogens (tertiary/aromatic N) is 2. The fraction of sp³-hybridized carbons (Fsp3) is 0.111. The molecule has 2 aromatic heterocycles. The molecule has 0 bridgehead atoms. The standard InChI is InChI=1S/C18H15IN2O/c1-11-9-12(2)18(22)17-15(11)7-6-14(21-17)5-3-13-4-8-16(19)20-10-13/h3-10,22H,1-2H3/b5-3+. The largest absolute Gasteiger partial charge is 0.505 e. The molecule has 0 fully saturated rings. The van der Waals surface area contributed by atoms with Crippen molar-refractivity contribution in [1.82, 2.24) is 9.97 Å². The molecular weight excluding hydrogens is 387 g/mol. The van der Waals surface area contributed by atoms with Crippen LogP contribution in [-0.2, 0) is 0 Å². The molecule has 0 aliphatic carbocycles. The summed E-state index contributed by atoms with van der Waals surface area (Å²) in [5, 5.41) is 11.2. The van der Waals surface area contributed by atoms with Gasteiger partial charge in [0.2, 0.25) is 0 Å². The Morgan fingerprint density at radius 3 is 2.59 bits per heavy atom. The van der Waals surface area contributed by atoms with Crippen LogP contribution in [0.4, 0.5) is 0 Å². The number of aromatic hydroxyl groups is 1. The van der Waals surface area contributed by atoms with Gasteiger partial charge in [-0.05, 0) is 71.3 Å². The van der Waals surface area contributed by atoms with Crippen LogP contribution in [0.5, 0.6) is 5.75 Å². The second kappa shape index (κ2) is 6.04. The molecule has 0 unspecified atom stereocenters. The van der Waals surface area contributed by atoms with Crippen molar-refractivity contribution in [3.05, 3.63) is 62.6 Å². The zero-order chi connectivity index (χ0) is 15.7. The van der Waals surface area contributed by atoms with Gasteiger partial charge in [-0.15, -0.1) is 0 Å². The molecule has 4 heteroatoms. The normalized spacial score (nSPS) is 11.4. The Hall–Kier alpha value is -1.95. The molecule has 0 saturated heterocycles. The van der Waals surface area contributed by atoms with Gasteiger partial charge < -0.3 is 5.11 Å². The van der Waals surface area contributed by atoms with Gasteiger partial charge in [-0.3, -0.25) is 0 Å². The highest BCUT2D eigenvalue weighted by Gasteiger charge is 2.08. The highest BCUT2D eigenvalue weighted by atomic mass is 127. The monoisotopic (exact) mass is 402 g/mol. The van der Waals surface area contributed by atoms with Gasteiger partial charge >= 0.3 is 0 Å². The molecule has 2 heterocycles. The van der Waals surface area contributed by atoms with Crippen LogP contribution < -0.4 is 0 Å². The molecule has 3 nitrogen and oxygen atoms in total. The van der Waals surface area contributed by atoms with E-state index >= 15 is 0 Å². The second-order valence-corrected chi connectivity index (χ2v) is 6.34. The van der Waals surface area contributed by atoms with Crippen LogP contribution >= 0.6 is 22.6 Å². The molecule has 0 amide bonds. The molecule has 22 heavy (non-hydrogen) atoms. The van der Waals surface area contributed by atoms with E-state index in [1.165, 1.54) is 0 Å². The van der Waals surface area contributed by atoms with E-state index in [1.54, 1.807) is 0 Å². The third-order valence-electron chi connectivity index (χ3n) is 3.57. The topological polar surface area (TPSA) is 46.0 Å². The lowest BCUT2D eigenvalue weighted by Crippen LogP contribution is -1.89. The number of hydrogen-bond acceptors (Lipinski definition) is 3. The number of rotatable bonds is 2. The minimum Gasteiger partial charge on any atom is -0.505 e. The number of hydrogen-bond donors (Lipinski definition) is 1. The summed E-state index contributed by atoms with van der Waals surface area (Å²) in [7, 11) is 0. The summed E-state index contributed by atoms with van der Waals surface area (Å²) < 4.78 is 0.967. The quantitative estimate of drug-likeness (QED) is 0.498. The molecule has 3 aromatic rings. The molecule has 1 N–H and O–H groups in total. The van der Waals surface area contributed by atoms with E-state index in [0.717, 1.165) is 31.5 Å². The van der Waals surface area contributed by atoms with Crippen molar-refractivity contribution in [2.75, 3.05) is 0 Å². The van der Waals surface area contributed by atoms with Crippen LogP contribution in [0.25, 0.3) is 23.1 Å². The lowest BCUT2D eigenvalue weighted by Gasteiger charge is -2.07. The molecule has 0 spiro atoms. The first-order valence-electron chi connectivity index (χ1n) is 6.94. The predicted octanol–water partition coefficient (Wildman–Crippen LogP) is 4.73. The maximum Gasteiger partial charge on any atom is 0.144 e. The molecule has 0 aliphatic rings. The van der Waals surface area contributed by atoms with Crippen molar-refractivity contribution in [3.8, 4) is 5.75 Å². The number of aryl methyl sites for hydroxylation is 2. The number of fused-ring (bicyclic) bond motifs is 1. The summed E-state index contributed by atoms with van der Waals surface area (Å²) in [5.74, 6) is 0.256. The van der Waals surface area contributed by atoms with Crippen molar-refractivity contribution >= 4 is 45.6 Å². The van der Waals surface area contributed by atoms with Crippen molar-refractivity contribution in [1.29, 1.82) is 0 Å². The predicted molar refractivity (Wildman–Crippen MR) is 98.8 cm³/mol. The SMILES string of the molecule is Cc1cc(C)c2ccc(/C=C/c3ccc(I)nc3)nc2c1O. The summed E-state index contributed by atoms with van der Waals surface area (Å²) in [6, 6.07) is 9.92. The maximum absolute atomic E-state index is 10.2. The van der Waals surface area contributed by atoms with Crippen LogP contribution in [0, 0.1) is 17.5 Å². The summed E-state index contributed by atoms with van der Waals surface area (Å²) in [6.45, 7) is 3.92. The lowest BCUT2D eigenvalue weighted by molar-refractivity contribution is 0.476. The second-order valence-electron chi connectivity index (χ2n) is 5.24. The average molecular weight is 402 g/mol. The van der Waals surface area contributed by atoms with Gasteiger partial charge in [0, 0.05) is 11.6 Å². The Bertz CT molecular complexity index is 870. The lowest BCUT2D eigenvalue weighted by atomic mass is 10.0. The summed E-state index contributed by atoms with van der Waals surface area (Å²) in [6.07, 6.45) is 5.72. The van der Waals surface area contributed by atoms with E-state index in [2.05, 4.69) is 32.6 Å². The molecule has 1 aromatic carbocycles. The molecule has 0 aliphatic heterocycles. The van der Waals surface area contributed by atoms with Crippen LogP contribution in [-0.4, -0.2) is 15.1 Å². The summed E-state index contributed by atoms with van der Waals surface area (Å²) in [4.78, 5) is 8.82. The fourth-order valence-electron chi connectivity index (χ4n) is 2.39. The first-order chi connectivity index (χ1) is 10.5. The fourth-order valence-corrected chi connectivity index (χ4v) is 2.71. The van der Waals surface area contributed by atoms with Crippen LogP contribution in [0.2, 0.25) is 0 Å². The Balaban J connectivity index is 2.01. The Morgan fingerprint density at radius 1 is 1.05 bits per heavy atom. The van der Waals surface area contributed by atoms with E-state index < -0.39 is 0 Å². The van der Waals surface area contributed by atoms with Gasteiger partial charge in [-0.25, -0.2) is 9.97 Å². The van der Waals surface area contributed by atoms with Crippen molar-refractivity contribution in [2.45, 2.75) is 13.8 Å². The molecule has 0 radical (unpaired) electrons. The number of phenols is 1. The molecule has 0 saturated carbocycles. The third-order valence-corrected chi connectivity index (χ3v) is 4.21. The van der Waals surface area contributed by atoms with Crippen molar-refractivity contribution in [2.24, 2.45) is 0 Å². The summed E-state index contributed by atoms with van der Waals surface area (Å²) in [5.41, 5.74) is 4.45. The average Bonchev–Trinajstić information content (AvgIpc) is 2.52. The highest BCUT2D eigenvalue weighted by Crippen LogP contribution is 2.29. The number of aromatic nitrogens is 2. The van der Waals surface area contributed by atoms with Crippen LogP contribution in [0.15, 0.2) is 36.5 Å². The molecule has 110 valence electrons. The smallest absolute Gasteiger partial charge is 0.144 e.